The molecule has 2 nitrogen and oxygen atoms in total. The molecule has 1 aliphatic heterocycles. The molecule has 2 heteroatoms. The van der Waals surface area contributed by atoms with Gasteiger partial charge in [0.1, 0.15) is 0 Å². The molecule has 0 spiro atoms. The number of amides is 1. The molecular weight excluding hydrogens is 186 g/mol. The van der Waals surface area contributed by atoms with Gasteiger partial charge in [-0.25, -0.2) is 0 Å². The molecule has 15 heavy (non-hydrogen) atoms. The highest BCUT2D eigenvalue weighted by atomic mass is 16.2. The van der Waals surface area contributed by atoms with Crippen molar-refractivity contribution in [2.75, 3.05) is 6.54 Å². The maximum Gasteiger partial charge on any atom is 0.228 e. The van der Waals surface area contributed by atoms with Crippen LogP contribution in [-0.4, -0.2) is 23.4 Å². The zero-order chi connectivity index (χ0) is 11.5. The van der Waals surface area contributed by atoms with Gasteiger partial charge in [-0.2, -0.15) is 0 Å². The molecule has 0 aromatic carbocycles. The first-order valence-electron chi connectivity index (χ1n) is 5.71. The molecule has 0 aromatic heterocycles. The van der Waals surface area contributed by atoms with Gasteiger partial charge in [0.05, 0.1) is 0 Å². The van der Waals surface area contributed by atoms with Crippen LogP contribution in [-0.2, 0) is 4.79 Å². The van der Waals surface area contributed by atoms with E-state index in [-0.39, 0.29) is 17.4 Å². The summed E-state index contributed by atoms with van der Waals surface area (Å²) >= 11 is 0. The fourth-order valence-corrected chi connectivity index (χ4v) is 2.05. The van der Waals surface area contributed by atoms with Crippen LogP contribution in [0.4, 0.5) is 0 Å². The minimum Gasteiger partial charge on any atom is -0.338 e. The molecule has 1 rings (SSSR count). The molecule has 1 fully saturated rings. The lowest BCUT2D eigenvalue weighted by Gasteiger charge is -2.38. The Morgan fingerprint density at radius 1 is 1.47 bits per heavy atom. The van der Waals surface area contributed by atoms with Crippen molar-refractivity contribution < 1.29 is 4.79 Å². The predicted octanol–water partition coefficient (Wildman–Crippen LogP) is 2.44. The number of carbonyl (C=O) groups excluding carboxylic acids is 1. The third kappa shape index (κ3) is 2.99. The van der Waals surface area contributed by atoms with E-state index in [4.69, 9.17) is 6.42 Å². The molecule has 1 saturated heterocycles. The Labute approximate surface area is 93.0 Å². The fourth-order valence-electron chi connectivity index (χ4n) is 2.05. The van der Waals surface area contributed by atoms with Crippen molar-refractivity contribution in [3.8, 4) is 12.3 Å². The van der Waals surface area contributed by atoms with Crippen LogP contribution in [0.15, 0.2) is 0 Å². The quantitative estimate of drug-likeness (QED) is 0.605. The molecule has 0 aliphatic carbocycles. The van der Waals surface area contributed by atoms with Gasteiger partial charge in [0.25, 0.3) is 0 Å². The van der Waals surface area contributed by atoms with Crippen molar-refractivity contribution in [1.29, 1.82) is 0 Å². The summed E-state index contributed by atoms with van der Waals surface area (Å²) in [4.78, 5) is 14.2. The largest absolute Gasteiger partial charge is 0.338 e. The number of terminal acetylenes is 1. The van der Waals surface area contributed by atoms with Gasteiger partial charge in [0, 0.05) is 24.4 Å². The van der Waals surface area contributed by atoms with Crippen molar-refractivity contribution in [3.05, 3.63) is 0 Å². The first kappa shape index (κ1) is 12.1. The van der Waals surface area contributed by atoms with Crippen LogP contribution >= 0.6 is 0 Å². The van der Waals surface area contributed by atoms with E-state index in [0.717, 1.165) is 19.4 Å². The molecular formula is C13H21NO. The van der Waals surface area contributed by atoms with Crippen LogP contribution in [0.2, 0.25) is 0 Å². The summed E-state index contributed by atoms with van der Waals surface area (Å²) in [5.74, 6) is 2.92. The summed E-state index contributed by atoms with van der Waals surface area (Å²) in [5, 5.41) is 0. The normalized spacial score (nSPS) is 22.3. The minimum absolute atomic E-state index is 0.238. The summed E-state index contributed by atoms with van der Waals surface area (Å²) < 4.78 is 0. The second-order valence-corrected chi connectivity index (χ2v) is 5.31. The number of piperidine rings is 1. The van der Waals surface area contributed by atoms with E-state index in [9.17, 15) is 4.79 Å². The van der Waals surface area contributed by atoms with Gasteiger partial charge in [-0.3, -0.25) is 4.79 Å². The highest BCUT2D eigenvalue weighted by Gasteiger charge is 2.32. The monoisotopic (exact) mass is 207 g/mol. The Hall–Kier alpha value is -0.970. The summed E-state index contributed by atoms with van der Waals surface area (Å²) in [6.07, 6.45) is 9.41. The summed E-state index contributed by atoms with van der Waals surface area (Å²) in [5.41, 5.74) is -0.288. The maximum absolute atomic E-state index is 12.2. The minimum atomic E-state index is -0.288. The van der Waals surface area contributed by atoms with Crippen molar-refractivity contribution in [1.82, 2.24) is 4.90 Å². The van der Waals surface area contributed by atoms with Gasteiger partial charge in [0.2, 0.25) is 5.91 Å². The molecule has 1 amide bonds. The van der Waals surface area contributed by atoms with Crippen LogP contribution in [0.25, 0.3) is 0 Å². The lowest BCUT2D eigenvalue weighted by Crippen LogP contribution is -2.48. The molecule has 0 radical (unpaired) electrons. The SMILES string of the molecule is C#CCC1CCCCN1C(=O)C(C)(C)C. The van der Waals surface area contributed by atoms with Crippen molar-refractivity contribution in [2.24, 2.45) is 5.41 Å². The molecule has 0 N–H and O–H groups in total. The van der Waals surface area contributed by atoms with Crippen LogP contribution < -0.4 is 0 Å². The van der Waals surface area contributed by atoms with Crippen LogP contribution in [0.5, 0.6) is 0 Å². The lowest BCUT2D eigenvalue weighted by molar-refractivity contribution is -0.143. The summed E-state index contributed by atoms with van der Waals surface area (Å²) in [7, 11) is 0. The topological polar surface area (TPSA) is 20.3 Å². The smallest absolute Gasteiger partial charge is 0.228 e. The van der Waals surface area contributed by atoms with Gasteiger partial charge in [0.15, 0.2) is 0 Å². The average molecular weight is 207 g/mol. The second kappa shape index (κ2) is 4.70. The Morgan fingerprint density at radius 2 is 2.13 bits per heavy atom. The van der Waals surface area contributed by atoms with E-state index >= 15 is 0 Å². The number of likely N-dealkylation sites (tertiary alicyclic amines) is 1. The molecule has 84 valence electrons. The molecule has 1 atom stereocenters. The van der Waals surface area contributed by atoms with Gasteiger partial charge in [-0.05, 0) is 19.3 Å². The standard InChI is InChI=1S/C13H21NO/c1-5-8-11-9-6-7-10-14(11)12(15)13(2,3)4/h1,11H,6-10H2,2-4H3. The lowest BCUT2D eigenvalue weighted by atomic mass is 9.90. The van der Waals surface area contributed by atoms with E-state index in [2.05, 4.69) is 5.92 Å². The van der Waals surface area contributed by atoms with E-state index in [0.29, 0.717) is 6.42 Å². The number of hydrogen-bond acceptors (Lipinski definition) is 1. The molecule has 0 bridgehead atoms. The first-order chi connectivity index (χ1) is 6.96. The average Bonchev–Trinajstić information content (AvgIpc) is 2.17. The summed E-state index contributed by atoms with van der Waals surface area (Å²) in [6, 6.07) is 0.274. The van der Waals surface area contributed by atoms with Gasteiger partial charge >= 0.3 is 0 Å². The maximum atomic E-state index is 12.2. The van der Waals surface area contributed by atoms with Crippen molar-refractivity contribution in [2.45, 2.75) is 52.5 Å². The van der Waals surface area contributed by atoms with Gasteiger partial charge in [-0.1, -0.05) is 20.8 Å². The molecule has 1 aliphatic rings. The number of nitrogens with zero attached hydrogens (tertiary/aromatic N) is 1. The third-order valence-electron chi connectivity index (χ3n) is 2.88. The number of carbonyl (C=O) groups is 1. The Morgan fingerprint density at radius 3 is 2.67 bits per heavy atom. The van der Waals surface area contributed by atoms with Crippen LogP contribution in [0, 0.1) is 17.8 Å². The van der Waals surface area contributed by atoms with E-state index in [1.54, 1.807) is 0 Å². The fraction of sp³-hybridized carbons (Fsp3) is 0.769. The number of hydrogen-bond donors (Lipinski definition) is 0. The Bertz CT molecular complexity index is 269. The number of rotatable bonds is 1. The van der Waals surface area contributed by atoms with E-state index in [1.807, 2.05) is 25.7 Å². The third-order valence-corrected chi connectivity index (χ3v) is 2.88. The predicted molar refractivity (Wildman–Crippen MR) is 62.3 cm³/mol. The molecule has 0 saturated carbocycles. The highest BCUT2D eigenvalue weighted by molar-refractivity contribution is 5.81. The van der Waals surface area contributed by atoms with Crippen molar-refractivity contribution >= 4 is 5.91 Å². The molecule has 1 heterocycles. The van der Waals surface area contributed by atoms with Gasteiger partial charge in [-0.15, -0.1) is 12.3 Å². The van der Waals surface area contributed by atoms with E-state index < -0.39 is 0 Å². The second-order valence-electron chi connectivity index (χ2n) is 5.31. The van der Waals surface area contributed by atoms with Gasteiger partial charge < -0.3 is 4.90 Å². The molecule has 0 aromatic rings. The summed E-state index contributed by atoms with van der Waals surface area (Å²) in [6.45, 7) is 6.78. The Kier molecular flexibility index (Phi) is 3.79. The zero-order valence-corrected chi connectivity index (χ0v) is 10.0. The van der Waals surface area contributed by atoms with E-state index in [1.165, 1.54) is 6.42 Å². The van der Waals surface area contributed by atoms with Crippen molar-refractivity contribution in [3.63, 3.8) is 0 Å². The molecule has 1 unspecified atom stereocenters. The first-order valence-corrected chi connectivity index (χ1v) is 5.71. The zero-order valence-electron chi connectivity index (χ0n) is 10.0. The Balaban J connectivity index is 2.73. The van der Waals surface area contributed by atoms with Crippen LogP contribution in [0.3, 0.4) is 0 Å². The highest BCUT2D eigenvalue weighted by Crippen LogP contribution is 2.25. The van der Waals surface area contributed by atoms with Crippen LogP contribution in [0.1, 0.15) is 46.5 Å².